The highest BCUT2D eigenvalue weighted by Gasteiger charge is 2.31. The van der Waals surface area contributed by atoms with Gasteiger partial charge in [0.1, 0.15) is 5.01 Å². The largest absolute Gasteiger partial charge is 0.452 e. The number of benzene rings is 2. The SMILES string of the molecule is CC(OC(=O)C1CCN(C(=O)Nc2ccccc2)CC1)C(=O)N(C)Cc1nc2ccccc2s1. The Morgan fingerprint density at radius 1 is 1.12 bits per heavy atom. The van der Waals surface area contributed by atoms with Crippen molar-refractivity contribution in [1.29, 1.82) is 0 Å². The lowest BCUT2D eigenvalue weighted by molar-refractivity contribution is -0.163. The summed E-state index contributed by atoms with van der Waals surface area (Å²) < 4.78 is 6.57. The highest BCUT2D eigenvalue weighted by Crippen LogP contribution is 2.23. The molecule has 0 radical (unpaired) electrons. The van der Waals surface area contributed by atoms with Crippen molar-refractivity contribution in [3.63, 3.8) is 0 Å². The van der Waals surface area contributed by atoms with Crippen molar-refractivity contribution in [3.8, 4) is 0 Å². The second-order valence-electron chi connectivity index (χ2n) is 8.41. The third-order valence-electron chi connectivity index (χ3n) is 5.87. The Balaban J connectivity index is 1.23. The molecule has 0 saturated carbocycles. The molecule has 1 unspecified atom stereocenters. The van der Waals surface area contributed by atoms with E-state index in [0.717, 1.165) is 20.9 Å². The van der Waals surface area contributed by atoms with Crippen LogP contribution in [0.15, 0.2) is 54.6 Å². The summed E-state index contributed by atoms with van der Waals surface area (Å²) in [4.78, 5) is 45.6. The number of para-hydroxylation sites is 2. The average Bonchev–Trinajstić information content (AvgIpc) is 3.26. The number of anilines is 1. The number of carbonyl (C=O) groups excluding carboxylic acids is 3. The van der Waals surface area contributed by atoms with Gasteiger partial charge in [-0.25, -0.2) is 9.78 Å². The quantitative estimate of drug-likeness (QED) is 0.536. The molecule has 9 heteroatoms. The fourth-order valence-electron chi connectivity index (χ4n) is 3.94. The van der Waals surface area contributed by atoms with Crippen molar-refractivity contribution in [2.75, 3.05) is 25.5 Å². The number of hydrogen-bond donors (Lipinski definition) is 1. The molecule has 34 heavy (non-hydrogen) atoms. The number of rotatable bonds is 6. The lowest BCUT2D eigenvalue weighted by Crippen LogP contribution is -2.44. The Hall–Kier alpha value is -3.46. The summed E-state index contributed by atoms with van der Waals surface area (Å²) in [6, 6.07) is 16.9. The maximum atomic E-state index is 12.8. The molecule has 2 heterocycles. The number of likely N-dealkylation sites (tertiary alicyclic amines) is 1. The molecule has 0 aliphatic carbocycles. The standard InChI is InChI=1S/C25H28N4O4S/c1-17(23(30)28(2)16-22-27-20-10-6-7-11-21(20)34-22)33-24(31)18-12-14-29(15-13-18)25(32)26-19-8-4-3-5-9-19/h3-11,17-18H,12-16H2,1-2H3,(H,26,32). The van der Waals surface area contributed by atoms with E-state index < -0.39 is 12.1 Å². The molecular formula is C25H28N4O4S. The van der Waals surface area contributed by atoms with Gasteiger partial charge < -0.3 is 19.9 Å². The fourth-order valence-corrected chi connectivity index (χ4v) is 4.96. The molecule has 0 bridgehead atoms. The third kappa shape index (κ3) is 5.72. The molecule has 8 nitrogen and oxygen atoms in total. The maximum absolute atomic E-state index is 12.8. The topological polar surface area (TPSA) is 91.8 Å². The van der Waals surface area contributed by atoms with Crippen LogP contribution in [-0.4, -0.2) is 58.9 Å². The highest BCUT2D eigenvalue weighted by atomic mass is 32.1. The van der Waals surface area contributed by atoms with Crippen molar-refractivity contribution in [1.82, 2.24) is 14.8 Å². The van der Waals surface area contributed by atoms with Gasteiger partial charge in [0.15, 0.2) is 6.10 Å². The van der Waals surface area contributed by atoms with E-state index in [4.69, 9.17) is 4.74 Å². The van der Waals surface area contributed by atoms with Gasteiger partial charge in [-0.15, -0.1) is 11.3 Å². The zero-order chi connectivity index (χ0) is 24.1. The van der Waals surface area contributed by atoms with Crippen LogP contribution in [0.4, 0.5) is 10.5 Å². The number of fused-ring (bicyclic) bond motifs is 1. The minimum absolute atomic E-state index is 0.182. The smallest absolute Gasteiger partial charge is 0.321 e. The van der Waals surface area contributed by atoms with Gasteiger partial charge in [-0.05, 0) is 44.0 Å². The number of piperidine rings is 1. The number of urea groups is 1. The lowest BCUT2D eigenvalue weighted by atomic mass is 9.97. The van der Waals surface area contributed by atoms with E-state index in [9.17, 15) is 14.4 Å². The van der Waals surface area contributed by atoms with Gasteiger partial charge in [0.2, 0.25) is 0 Å². The Bertz CT molecular complexity index is 1120. The van der Waals surface area contributed by atoms with E-state index >= 15 is 0 Å². The Morgan fingerprint density at radius 2 is 1.79 bits per heavy atom. The molecule has 1 N–H and O–H groups in total. The van der Waals surface area contributed by atoms with Gasteiger partial charge in [0, 0.05) is 25.8 Å². The number of hydrogen-bond acceptors (Lipinski definition) is 6. The summed E-state index contributed by atoms with van der Waals surface area (Å²) in [5.74, 6) is -0.991. The van der Waals surface area contributed by atoms with Crippen molar-refractivity contribution >= 4 is 45.1 Å². The van der Waals surface area contributed by atoms with Crippen LogP contribution >= 0.6 is 11.3 Å². The molecule has 3 amide bonds. The normalized spacial score (nSPS) is 15.1. The number of carbonyl (C=O) groups is 3. The third-order valence-corrected chi connectivity index (χ3v) is 6.89. The summed E-state index contributed by atoms with van der Waals surface area (Å²) >= 11 is 1.54. The Morgan fingerprint density at radius 3 is 2.50 bits per heavy atom. The number of ether oxygens (including phenoxy) is 1. The highest BCUT2D eigenvalue weighted by molar-refractivity contribution is 7.18. The molecule has 1 aliphatic heterocycles. The van der Waals surface area contributed by atoms with E-state index in [1.807, 2.05) is 54.6 Å². The van der Waals surface area contributed by atoms with Gasteiger partial charge in [-0.1, -0.05) is 30.3 Å². The van der Waals surface area contributed by atoms with Gasteiger partial charge in [-0.2, -0.15) is 0 Å². The number of esters is 1. The van der Waals surface area contributed by atoms with Crippen LogP contribution in [0.25, 0.3) is 10.2 Å². The minimum atomic E-state index is -0.883. The molecule has 178 valence electrons. The predicted octanol–water partition coefficient (Wildman–Crippen LogP) is 4.13. The van der Waals surface area contributed by atoms with Crippen LogP contribution in [-0.2, 0) is 20.9 Å². The minimum Gasteiger partial charge on any atom is -0.452 e. The molecular weight excluding hydrogens is 452 g/mol. The summed E-state index contributed by atoms with van der Waals surface area (Å²) in [5, 5.41) is 3.69. The zero-order valence-corrected chi connectivity index (χ0v) is 20.1. The van der Waals surface area contributed by atoms with E-state index in [2.05, 4.69) is 10.3 Å². The molecule has 2 aromatic carbocycles. The molecule has 1 aliphatic rings. The van der Waals surface area contributed by atoms with Crippen LogP contribution in [0.3, 0.4) is 0 Å². The van der Waals surface area contributed by atoms with Gasteiger partial charge in [0.25, 0.3) is 5.91 Å². The summed E-state index contributed by atoms with van der Waals surface area (Å²) in [5.41, 5.74) is 1.64. The predicted molar refractivity (Wildman–Crippen MR) is 131 cm³/mol. The molecule has 1 fully saturated rings. The second kappa shape index (κ2) is 10.6. The molecule has 0 spiro atoms. The zero-order valence-electron chi connectivity index (χ0n) is 19.3. The van der Waals surface area contributed by atoms with Crippen LogP contribution in [0.5, 0.6) is 0 Å². The number of amides is 3. The first-order valence-corrected chi connectivity index (χ1v) is 12.1. The number of thiazole rings is 1. The molecule has 1 saturated heterocycles. The lowest BCUT2D eigenvalue weighted by Gasteiger charge is -2.31. The molecule has 3 aromatic rings. The van der Waals surface area contributed by atoms with E-state index in [1.54, 1.807) is 30.2 Å². The van der Waals surface area contributed by atoms with Crippen LogP contribution < -0.4 is 5.32 Å². The van der Waals surface area contributed by atoms with Crippen molar-refractivity contribution in [3.05, 3.63) is 59.6 Å². The maximum Gasteiger partial charge on any atom is 0.321 e. The van der Waals surface area contributed by atoms with E-state index in [0.29, 0.717) is 32.5 Å². The summed E-state index contributed by atoms with van der Waals surface area (Å²) in [6.45, 7) is 2.86. The first-order chi connectivity index (χ1) is 16.4. The van der Waals surface area contributed by atoms with Crippen molar-refractivity contribution in [2.24, 2.45) is 5.92 Å². The Kier molecular flexibility index (Phi) is 7.42. The summed E-state index contributed by atoms with van der Waals surface area (Å²) in [6.07, 6.45) is 0.124. The fraction of sp³-hybridized carbons (Fsp3) is 0.360. The van der Waals surface area contributed by atoms with Crippen LogP contribution in [0.1, 0.15) is 24.8 Å². The number of nitrogens with zero attached hydrogens (tertiary/aromatic N) is 3. The number of likely N-dealkylation sites (N-methyl/N-ethyl adjacent to an activating group) is 1. The van der Waals surface area contributed by atoms with Crippen LogP contribution in [0, 0.1) is 5.92 Å². The van der Waals surface area contributed by atoms with Gasteiger partial charge in [-0.3, -0.25) is 9.59 Å². The summed E-state index contributed by atoms with van der Waals surface area (Å²) in [7, 11) is 1.68. The van der Waals surface area contributed by atoms with E-state index in [1.165, 1.54) is 4.90 Å². The van der Waals surface area contributed by atoms with Crippen molar-refractivity contribution in [2.45, 2.75) is 32.4 Å². The second-order valence-corrected chi connectivity index (χ2v) is 9.52. The van der Waals surface area contributed by atoms with Gasteiger partial charge in [0.05, 0.1) is 22.7 Å². The molecule has 1 aromatic heterocycles. The molecule has 4 rings (SSSR count). The first-order valence-electron chi connectivity index (χ1n) is 11.3. The van der Waals surface area contributed by atoms with Crippen molar-refractivity contribution < 1.29 is 19.1 Å². The van der Waals surface area contributed by atoms with Gasteiger partial charge >= 0.3 is 12.0 Å². The molecule has 1 atom stereocenters. The number of nitrogens with one attached hydrogen (secondary N) is 1. The monoisotopic (exact) mass is 480 g/mol. The Labute approximate surface area is 202 Å². The van der Waals surface area contributed by atoms with Crippen LogP contribution in [0.2, 0.25) is 0 Å². The average molecular weight is 481 g/mol. The van der Waals surface area contributed by atoms with E-state index in [-0.39, 0.29) is 17.9 Å². The first kappa shape index (κ1) is 23.7. The number of aromatic nitrogens is 1.